The van der Waals surface area contributed by atoms with Gasteiger partial charge in [-0.3, -0.25) is 0 Å². The topological polar surface area (TPSA) is 91.4 Å². The van der Waals surface area contributed by atoms with E-state index in [-0.39, 0.29) is 5.69 Å². The highest BCUT2D eigenvalue weighted by Crippen LogP contribution is 2.26. The molecule has 0 aliphatic carbocycles. The second-order valence-corrected chi connectivity index (χ2v) is 6.83. The van der Waals surface area contributed by atoms with Crippen molar-refractivity contribution in [3.8, 4) is 0 Å². The molecular weight excluding hydrogens is 292 g/mol. The molecule has 7 heteroatoms. The number of rotatable bonds is 4. The smallest absolute Gasteiger partial charge is 0.407 e. The number of fused-ring (bicyclic) bond motifs is 1. The van der Waals surface area contributed by atoms with Crippen LogP contribution < -0.4 is 5.32 Å². The molecule has 0 atom stereocenters. The third-order valence-corrected chi connectivity index (χ3v) is 3.77. The number of carbonyl (C=O) groups excluding carboxylic acids is 1. The third kappa shape index (κ3) is 4.22. The lowest BCUT2D eigenvalue weighted by molar-refractivity contribution is 0.0528. The molecule has 0 saturated heterocycles. The monoisotopic (exact) mass is 310 g/mol. The highest BCUT2D eigenvalue weighted by atomic mass is 32.1. The fourth-order valence-electron chi connectivity index (χ4n) is 1.82. The van der Waals surface area contributed by atoms with Crippen LogP contribution >= 0.6 is 11.3 Å². The van der Waals surface area contributed by atoms with Crippen molar-refractivity contribution in [2.24, 2.45) is 0 Å². The number of hydrogen-bond donors (Lipinski definition) is 3. The first-order valence-electron chi connectivity index (χ1n) is 6.56. The first-order chi connectivity index (χ1) is 9.74. The van der Waals surface area contributed by atoms with Gasteiger partial charge in [0.05, 0.1) is 10.2 Å². The van der Waals surface area contributed by atoms with E-state index in [1.165, 1.54) is 11.3 Å². The number of ether oxygens (including phenoxy) is 1. The number of H-pyrrole nitrogens is 1. The second kappa shape index (κ2) is 5.77. The van der Waals surface area contributed by atoms with E-state index in [0.29, 0.717) is 13.0 Å². The van der Waals surface area contributed by atoms with E-state index < -0.39 is 17.7 Å². The summed E-state index contributed by atoms with van der Waals surface area (Å²) < 4.78 is 6.05. The van der Waals surface area contributed by atoms with E-state index in [2.05, 4.69) is 10.3 Å². The fraction of sp³-hybridized carbons (Fsp3) is 0.429. The third-order valence-electron chi connectivity index (χ3n) is 2.63. The minimum atomic E-state index is -0.966. The number of amides is 1. The Hall–Kier alpha value is -2.02. The summed E-state index contributed by atoms with van der Waals surface area (Å²) in [6.07, 6.45) is 0.243. The molecule has 1 amide bonds. The Bertz CT molecular complexity index is 635. The van der Waals surface area contributed by atoms with E-state index in [1.807, 2.05) is 26.8 Å². The van der Waals surface area contributed by atoms with E-state index in [1.54, 1.807) is 6.07 Å². The molecule has 0 spiro atoms. The van der Waals surface area contributed by atoms with Crippen LogP contribution in [0.4, 0.5) is 4.79 Å². The number of aromatic amines is 1. The lowest BCUT2D eigenvalue weighted by Gasteiger charge is -2.19. The molecule has 2 heterocycles. The maximum absolute atomic E-state index is 11.5. The van der Waals surface area contributed by atoms with Crippen LogP contribution in [0.15, 0.2) is 12.1 Å². The zero-order valence-corrected chi connectivity index (χ0v) is 13.0. The maximum atomic E-state index is 11.5. The summed E-state index contributed by atoms with van der Waals surface area (Å²) in [7, 11) is 0. The van der Waals surface area contributed by atoms with E-state index in [4.69, 9.17) is 9.84 Å². The Kier molecular flexibility index (Phi) is 4.22. The summed E-state index contributed by atoms with van der Waals surface area (Å²) in [4.78, 5) is 26.2. The number of nitrogens with one attached hydrogen (secondary N) is 2. The molecule has 0 aliphatic heterocycles. The van der Waals surface area contributed by atoms with Crippen LogP contribution in [0.1, 0.15) is 36.1 Å². The van der Waals surface area contributed by atoms with Crippen molar-refractivity contribution in [1.82, 2.24) is 10.3 Å². The lowest BCUT2D eigenvalue weighted by atomic mass is 10.2. The van der Waals surface area contributed by atoms with Crippen LogP contribution in [0.5, 0.6) is 0 Å². The van der Waals surface area contributed by atoms with Gasteiger partial charge in [-0.1, -0.05) is 0 Å². The number of aromatic carboxylic acids is 1. The molecule has 0 radical (unpaired) electrons. The van der Waals surface area contributed by atoms with Crippen molar-refractivity contribution in [3.63, 3.8) is 0 Å². The van der Waals surface area contributed by atoms with E-state index >= 15 is 0 Å². The minimum Gasteiger partial charge on any atom is -0.477 e. The standard InChI is InChI=1S/C14H18N2O4S/c1-14(2,3)20-13(19)15-5-4-8-6-9-11(21-8)7-10(16-9)12(17)18/h6-7,16H,4-5H2,1-3H3,(H,15,19)(H,17,18). The summed E-state index contributed by atoms with van der Waals surface area (Å²) in [6, 6.07) is 3.52. The average Bonchev–Trinajstić information content (AvgIpc) is 2.83. The van der Waals surface area contributed by atoms with Crippen LogP contribution in [0.25, 0.3) is 10.2 Å². The molecule has 3 N–H and O–H groups in total. The Morgan fingerprint density at radius 3 is 2.67 bits per heavy atom. The SMILES string of the molecule is CC(C)(C)OC(=O)NCCc1cc2[nH]c(C(=O)O)cc2s1. The van der Waals surface area contributed by atoms with Gasteiger partial charge >= 0.3 is 12.1 Å². The lowest BCUT2D eigenvalue weighted by Crippen LogP contribution is -2.33. The second-order valence-electron chi connectivity index (χ2n) is 5.66. The van der Waals surface area contributed by atoms with Gasteiger partial charge in [0, 0.05) is 11.4 Å². The van der Waals surface area contributed by atoms with Gasteiger partial charge in [-0.15, -0.1) is 11.3 Å². The predicted octanol–water partition coefficient (Wildman–Crippen LogP) is 2.99. The van der Waals surface area contributed by atoms with Crippen LogP contribution in [0.3, 0.4) is 0 Å². The summed E-state index contributed by atoms with van der Waals surface area (Å²) in [5.41, 5.74) is 0.496. The number of thiophene rings is 1. The number of aromatic nitrogens is 1. The number of alkyl carbamates (subject to hydrolysis) is 1. The van der Waals surface area contributed by atoms with Crippen molar-refractivity contribution in [2.75, 3.05) is 6.54 Å². The molecular formula is C14H18N2O4S. The van der Waals surface area contributed by atoms with Crippen LogP contribution in [-0.2, 0) is 11.2 Å². The molecule has 6 nitrogen and oxygen atoms in total. The largest absolute Gasteiger partial charge is 0.477 e. The molecule has 0 aromatic carbocycles. The van der Waals surface area contributed by atoms with Crippen molar-refractivity contribution < 1.29 is 19.4 Å². The highest BCUT2D eigenvalue weighted by Gasteiger charge is 2.16. The average molecular weight is 310 g/mol. The van der Waals surface area contributed by atoms with Crippen molar-refractivity contribution in [2.45, 2.75) is 32.8 Å². The van der Waals surface area contributed by atoms with Gasteiger partial charge in [0.15, 0.2) is 0 Å². The number of carboxylic acids is 1. The first-order valence-corrected chi connectivity index (χ1v) is 7.38. The van der Waals surface area contributed by atoms with Gasteiger partial charge in [-0.25, -0.2) is 9.59 Å². The molecule has 0 bridgehead atoms. The Balaban J connectivity index is 1.88. The van der Waals surface area contributed by atoms with Gasteiger partial charge in [-0.05, 0) is 39.3 Å². The zero-order valence-electron chi connectivity index (χ0n) is 12.1. The summed E-state index contributed by atoms with van der Waals surface area (Å²) in [5, 5.41) is 11.6. The Morgan fingerprint density at radius 2 is 2.10 bits per heavy atom. The number of carboxylic acid groups (broad SMARTS) is 1. The fourth-order valence-corrected chi connectivity index (χ4v) is 2.88. The van der Waals surface area contributed by atoms with Crippen LogP contribution in [-0.4, -0.2) is 34.3 Å². The van der Waals surface area contributed by atoms with Crippen molar-refractivity contribution in [1.29, 1.82) is 0 Å². The molecule has 0 unspecified atom stereocenters. The van der Waals surface area contributed by atoms with Crippen LogP contribution in [0, 0.1) is 0 Å². The van der Waals surface area contributed by atoms with E-state index in [9.17, 15) is 9.59 Å². The van der Waals surface area contributed by atoms with E-state index in [0.717, 1.165) is 15.1 Å². The zero-order chi connectivity index (χ0) is 15.6. The molecule has 0 fully saturated rings. The van der Waals surface area contributed by atoms with Crippen molar-refractivity contribution in [3.05, 3.63) is 22.7 Å². The summed E-state index contributed by atoms with van der Waals surface area (Å²) in [5.74, 6) is -0.966. The summed E-state index contributed by atoms with van der Waals surface area (Å²) in [6.45, 7) is 5.92. The molecule has 21 heavy (non-hydrogen) atoms. The predicted molar refractivity (Wildman–Crippen MR) is 81.1 cm³/mol. The van der Waals surface area contributed by atoms with Crippen LogP contribution in [0.2, 0.25) is 0 Å². The normalized spacial score (nSPS) is 11.6. The summed E-state index contributed by atoms with van der Waals surface area (Å²) >= 11 is 1.51. The molecule has 2 aromatic rings. The Labute approximate surface area is 126 Å². The molecule has 114 valence electrons. The van der Waals surface area contributed by atoms with Gasteiger partial charge in [0.1, 0.15) is 11.3 Å². The minimum absolute atomic E-state index is 0.190. The number of hydrogen-bond acceptors (Lipinski definition) is 4. The quantitative estimate of drug-likeness (QED) is 0.809. The number of carbonyl (C=O) groups is 2. The first kappa shape index (κ1) is 15.4. The Morgan fingerprint density at radius 1 is 1.38 bits per heavy atom. The van der Waals surface area contributed by atoms with Gasteiger partial charge < -0.3 is 20.1 Å². The molecule has 0 aliphatic rings. The van der Waals surface area contributed by atoms with Gasteiger partial charge in [-0.2, -0.15) is 0 Å². The molecule has 0 saturated carbocycles. The van der Waals surface area contributed by atoms with Gasteiger partial charge in [0.2, 0.25) is 0 Å². The highest BCUT2D eigenvalue weighted by molar-refractivity contribution is 7.19. The van der Waals surface area contributed by atoms with Crippen molar-refractivity contribution >= 4 is 33.6 Å². The molecule has 2 rings (SSSR count). The maximum Gasteiger partial charge on any atom is 0.407 e. The molecule has 2 aromatic heterocycles. The van der Waals surface area contributed by atoms with Gasteiger partial charge in [0.25, 0.3) is 0 Å².